The van der Waals surface area contributed by atoms with E-state index in [0.29, 0.717) is 37.1 Å². The molecular weight excluding hydrogens is 364 g/mol. The van der Waals surface area contributed by atoms with Crippen LogP contribution in [0.25, 0.3) is 0 Å². The second kappa shape index (κ2) is 6.28. The minimum Gasteiger partial charge on any atom is -0.338 e. The van der Waals surface area contributed by atoms with E-state index in [9.17, 15) is 21.6 Å². The first-order valence-corrected chi connectivity index (χ1v) is 11.8. The molecule has 1 unspecified atom stereocenters. The normalized spacial score (nSPS) is 22.5. The van der Waals surface area contributed by atoms with Gasteiger partial charge in [-0.2, -0.15) is 0 Å². The van der Waals surface area contributed by atoms with E-state index < -0.39 is 19.9 Å². The summed E-state index contributed by atoms with van der Waals surface area (Å²) < 4.78 is 48.4. The Labute approximate surface area is 148 Å². The Kier molecular flexibility index (Phi) is 4.57. The van der Waals surface area contributed by atoms with Gasteiger partial charge in [0.05, 0.1) is 23.4 Å². The topological polar surface area (TPSA) is 91.8 Å². The number of fused-ring (bicyclic) bond motifs is 1. The molecule has 138 valence electrons. The van der Waals surface area contributed by atoms with Crippen molar-refractivity contribution in [1.82, 2.24) is 4.90 Å². The summed E-state index contributed by atoms with van der Waals surface area (Å²) in [4.78, 5) is 14.2. The largest absolute Gasteiger partial charge is 0.338 e. The van der Waals surface area contributed by atoms with Crippen molar-refractivity contribution in [2.45, 2.75) is 25.3 Å². The highest BCUT2D eigenvalue weighted by molar-refractivity contribution is 7.92. The molecule has 0 N–H and O–H groups in total. The number of amides is 1. The second-order valence-corrected chi connectivity index (χ2v) is 10.9. The zero-order valence-electron chi connectivity index (χ0n) is 14.3. The summed E-state index contributed by atoms with van der Waals surface area (Å²) in [5.74, 6) is -0.119. The molecule has 1 aromatic rings. The third-order valence-corrected chi connectivity index (χ3v) is 7.81. The molecule has 2 aliphatic rings. The molecule has 3 rings (SSSR count). The lowest BCUT2D eigenvalue weighted by molar-refractivity contribution is 0.0747. The number of anilines is 1. The van der Waals surface area contributed by atoms with Crippen LogP contribution in [0.5, 0.6) is 0 Å². The van der Waals surface area contributed by atoms with Gasteiger partial charge >= 0.3 is 0 Å². The van der Waals surface area contributed by atoms with Crippen LogP contribution in [0, 0.1) is 0 Å². The van der Waals surface area contributed by atoms with Crippen molar-refractivity contribution in [3.05, 3.63) is 29.3 Å². The van der Waals surface area contributed by atoms with Crippen molar-refractivity contribution in [3.8, 4) is 0 Å². The summed E-state index contributed by atoms with van der Waals surface area (Å²) in [5, 5.41) is 0. The Morgan fingerprint density at radius 1 is 1.32 bits per heavy atom. The first kappa shape index (κ1) is 18.2. The molecule has 0 aromatic heterocycles. The van der Waals surface area contributed by atoms with Gasteiger partial charge in [-0.25, -0.2) is 16.8 Å². The summed E-state index contributed by atoms with van der Waals surface area (Å²) in [7, 11) is -4.78. The lowest BCUT2D eigenvalue weighted by Gasteiger charge is -2.30. The number of hydrogen-bond acceptors (Lipinski definition) is 5. The molecule has 2 heterocycles. The molecule has 0 radical (unpaired) electrons. The van der Waals surface area contributed by atoms with Gasteiger partial charge in [0.15, 0.2) is 9.84 Å². The molecule has 0 bridgehead atoms. The Bertz CT molecular complexity index is 908. The van der Waals surface area contributed by atoms with E-state index in [4.69, 9.17) is 0 Å². The van der Waals surface area contributed by atoms with Crippen molar-refractivity contribution in [2.75, 3.05) is 35.7 Å². The molecule has 0 spiro atoms. The summed E-state index contributed by atoms with van der Waals surface area (Å²) in [6, 6.07) is 4.71. The Hall–Kier alpha value is -1.61. The summed E-state index contributed by atoms with van der Waals surface area (Å²) in [5.41, 5.74) is 1.91. The molecule has 1 fully saturated rings. The molecule has 1 aromatic carbocycles. The van der Waals surface area contributed by atoms with Crippen molar-refractivity contribution < 1.29 is 21.6 Å². The number of nitrogens with zero attached hydrogens (tertiary/aromatic N) is 2. The van der Waals surface area contributed by atoms with Crippen LogP contribution in [0.1, 0.15) is 28.8 Å². The number of hydrogen-bond donors (Lipinski definition) is 0. The zero-order valence-corrected chi connectivity index (χ0v) is 15.9. The molecule has 0 aliphatic carbocycles. The fourth-order valence-electron chi connectivity index (χ4n) is 3.49. The first-order valence-electron chi connectivity index (χ1n) is 8.17. The SMILES string of the molecule is CN(C(=O)c1ccc2c(c1)CCCN2S(C)(=O)=O)C1CCS(=O)(=O)C1. The van der Waals surface area contributed by atoms with Gasteiger partial charge in [0.25, 0.3) is 5.91 Å². The molecule has 9 heteroatoms. The maximum atomic E-state index is 12.7. The van der Waals surface area contributed by atoms with Gasteiger partial charge in [0, 0.05) is 25.2 Å². The fourth-order valence-corrected chi connectivity index (χ4v) is 6.26. The van der Waals surface area contributed by atoms with Crippen LogP contribution >= 0.6 is 0 Å². The molecule has 25 heavy (non-hydrogen) atoms. The predicted octanol–water partition coefficient (Wildman–Crippen LogP) is 0.658. The highest BCUT2D eigenvalue weighted by Gasteiger charge is 2.33. The van der Waals surface area contributed by atoms with E-state index in [-0.39, 0.29) is 23.5 Å². The Morgan fingerprint density at radius 2 is 2.04 bits per heavy atom. The fraction of sp³-hybridized carbons (Fsp3) is 0.562. The minimum absolute atomic E-state index is 0.00202. The second-order valence-electron chi connectivity index (χ2n) is 6.76. The van der Waals surface area contributed by atoms with Crippen molar-refractivity contribution in [2.24, 2.45) is 0 Å². The Balaban J connectivity index is 1.86. The summed E-state index contributed by atoms with van der Waals surface area (Å²) >= 11 is 0. The van der Waals surface area contributed by atoms with E-state index >= 15 is 0 Å². The van der Waals surface area contributed by atoms with E-state index in [0.717, 1.165) is 5.56 Å². The van der Waals surface area contributed by atoms with Crippen LogP contribution in [0.3, 0.4) is 0 Å². The number of sulfonamides is 1. The number of carbonyl (C=O) groups is 1. The molecule has 0 saturated carbocycles. The zero-order chi connectivity index (χ0) is 18.4. The lowest BCUT2D eigenvalue weighted by atomic mass is 10.00. The van der Waals surface area contributed by atoms with Crippen LogP contribution in [0.4, 0.5) is 5.69 Å². The van der Waals surface area contributed by atoms with Crippen molar-refractivity contribution in [3.63, 3.8) is 0 Å². The van der Waals surface area contributed by atoms with Gasteiger partial charge in [-0.05, 0) is 43.0 Å². The monoisotopic (exact) mass is 386 g/mol. The average molecular weight is 386 g/mol. The van der Waals surface area contributed by atoms with Gasteiger partial charge < -0.3 is 4.90 Å². The smallest absolute Gasteiger partial charge is 0.253 e. The highest BCUT2D eigenvalue weighted by Crippen LogP contribution is 2.30. The van der Waals surface area contributed by atoms with Gasteiger partial charge in [-0.15, -0.1) is 0 Å². The third-order valence-electron chi connectivity index (χ3n) is 4.88. The van der Waals surface area contributed by atoms with Gasteiger partial charge in [0.2, 0.25) is 10.0 Å². The first-order chi connectivity index (χ1) is 11.6. The molecule has 1 saturated heterocycles. The molecular formula is C16H22N2O5S2. The minimum atomic E-state index is -3.34. The van der Waals surface area contributed by atoms with E-state index in [1.165, 1.54) is 15.5 Å². The van der Waals surface area contributed by atoms with Crippen LogP contribution in [-0.4, -0.2) is 65.0 Å². The van der Waals surface area contributed by atoms with Gasteiger partial charge in [-0.1, -0.05) is 0 Å². The molecule has 1 amide bonds. The Morgan fingerprint density at radius 3 is 2.64 bits per heavy atom. The number of carbonyl (C=O) groups excluding carboxylic acids is 1. The maximum Gasteiger partial charge on any atom is 0.253 e. The molecule has 1 atom stereocenters. The van der Waals surface area contributed by atoms with Gasteiger partial charge in [-0.3, -0.25) is 9.10 Å². The van der Waals surface area contributed by atoms with E-state index in [1.807, 2.05) is 0 Å². The molecule has 7 nitrogen and oxygen atoms in total. The van der Waals surface area contributed by atoms with Crippen LogP contribution in [0.15, 0.2) is 18.2 Å². The number of aryl methyl sites for hydroxylation is 1. The summed E-state index contributed by atoms with van der Waals surface area (Å²) in [6.07, 6.45) is 3.05. The predicted molar refractivity (Wildman–Crippen MR) is 96.1 cm³/mol. The maximum absolute atomic E-state index is 12.7. The van der Waals surface area contributed by atoms with Crippen molar-refractivity contribution in [1.29, 1.82) is 0 Å². The number of benzene rings is 1. The van der Waals surface area contributed by atoms with Crippen LogP contribution < -0.4 is 4.31 Å². The summed E-state index contributed by atoms with van der Waals surface area (Å²) in [6.45, 7) is 0.443. The number of rotatable bonds is 3. The van der Waals surface area contributed by atoms with E-state index in [1.54, 1.807) is 25.2 Å². The van der Waals surface area contributed by atoms with E-state index in [2.05, 4.69) is 0 Å². The third kappa shape index (κ3) is 3.67. The standard InChI is InChI=1S/C16H22N2O5S2/c1-17(14-7-9-25(22,23)11-14)16(19)13-5-6-15-12(10-13)4-3-8-18(15)24(2,20)21/h5-6,10,14H,3-4,7-9,11H2,1-2H3. The highest BCUT2D eigenvalue weighted by atomic mass is 32.2. The van der Waals surface area contributed by atoms with Gasteiger partial charge in [0.1, 0.15) is 0 Å². The van der Waals surface area contributed by atoms with Crippen LogP contribution in [-0.2, 0) is 26.3 Å². The van der Waals surface area contributed by atoms with Crippen LogP contribution in [0.2, 0.25) is 0 Å². The molecule has 2 aliphatic heterocycles. The quantitative estimate of drug-likeness (QED) is 0.761. The average Bonchev–Trinajstić information content (AvgIpc) is 2.91. The van der Waals surface area contributed by atoms with Crippen molar-refractivity contribution >= 4 is 31.5 Å². The number of sulfone groups is 1. The lowest BCUT2D eigenvalue weighted by Crippen LogP contribution is -2.38.